The molecule has 23 heavy (non-hydrogen) atoms. The Morgan fingerprint density at radius 3 is 2.65 bits per heavy atom. The van der Waals surface area contributed by atoms with Crippen LogP contribution in [-0.4, -0.2) is 18.2 Å². The summed E-state index contributed by atoms with van der Waals surface area (Å²) in [5.74, 6) is 0.456. The SMILES string of the molecule is Cc1cc(C)cc(OCC(=O)N/N=C2/CCc3ccccc32)c1. The first kappa shape index (κ1) is 15.3. The Hall–Kier alpha value is -2.62. The molecule has 1 aliphatic rings. The third-order valence-electron chi connectivity index (χ3n) is 3.84. The first-order valence-corrected chi connectivity index (χ1v) is 7.76. The van der Waals surface area contributed by atoms with Crippen LogP contribution in [0.1, 0.15) is 28.7 Å². The second-order valence-corrected chi connectivity index (χ2v) is 5.86. The summed E-state index contributed by atoms with van der Waals surface area (Å²) in [6.07, 6.45) is 1.83. The Labute approximate surface area is 136 Å². The number of nitrogens with one attached hydrogen (secondary N) is 1. The van der Waals surface area contributed by atoms with Gasteiger partial charge in [-0.1, -0.05) is 30.3 Å². The van der Waals surface area contributed by atoms with E-state index in [9.17, 15) is 4.79 Å². The number of amides is 1. The van der Waals surface area contributed by atoms with Gasteiger partial charge in [0.15, 0.2) is 6.61 Å². The van der Waals surface area contributed by atoms with E-state index in [1.165, 1.54) is 5.56 Å². The number of hydrogen-bond acceptors (Lipinski definition) is 3. The van der Waals surface area contributed by atoms with Crippen LogP contribution in [0.5, 0.6) is 5.75 Å². The van der Waals surface area contributed by atoms with Crippen LogP contribution in [0.3, 0.4) is 0 Å². The molecular weight excluding hydrogens is 288 g/mol. The maximum atomic E-state index is 11.9. The van der Waals surface area contributed by atoms with Gasteiger partial charge in [0.1, 0.15) is 5.75 Å². The Bertz CT molecular complexity index is 745. The van der Waals surface area contributed by atoms with Crippen molar-refractivity contribution in [2.24, 2.45) is 5.10 Å². The lowest BCUT2D eigenvalue weighted by atomic mass is 10.1. The van der Waals surface area contributed by atoms with Crippen molar-refractivity contribution in [3.05, 3.63) is 64.7 Å². The number of nitrogens with zero attached hydrogens (tertiary/aromatic N) is 1. The normalized spacial score (nSPS) is 14.6. The fraction of sp³-hybridized carbons (Fsp3) is 0.263. The summed E-state index contributed by atoms with van der Waals surface area (Å²) < 4.78 is 5.53. The zero-order valence-electron chi connectivity index (χ0n) is 13.4. The van der Waals surface area contributed by atoms with E-state index in [0.29, 0.717) is 5.75 Å². The molecule has 4 nitrogen and oxygen atoms in total. The molecule has 0 aromatic heterocycles. The molecule has 1 aliphatic carbocycles. The minimum Gasteiger partial charge on any atom is -0.484 e. The molecule has 2 aromatic rings. The lowest BCUT2D eigenvalue weighted by Crippen LogP contribution is -2.25. The molecule has 0 atom stereocenters. The van der Waals surface area contributed by atoms with Gasteiger partial charge in [0.25, 0.3) is 5.91 Å². The molecule has 1 N–H and O–H groups in total. The predicted molar refractivity (Wildman–Crippen MR) is 90.9 cm³/mol. The van der Waals surface area contributed by atoms with Gasteiger partial charge < -0.3 is 4.74 Å². The van der Waals surface area contributed by atoms with Crippen LogP contribution >= 0.6 is 0 Å². The van der Waals surface area contributed by atoms with Crippen molar-refractivity contribution < 1.29 is 9.53 Å². The number of carbonyl (C=O) groups is 1. The first-order valence-electron chi connectivity index (χ1n) is 7.76. The first-order chi connectivity index (χ1) is 11.1. The standard InChI is InChI=1S/C19H20N2O2/c1-13-9-14(2)11-16(10-13)23-12-19(22)21-20-18-8-7-15-5-3-4-6-17(15)18/h3-6,9-11H,7-8,12H2,1-2H3,(H,21,22)/b20-18-. The molecule has 3 rings (SSSR count). The molecule has 118 valence electrons. The zero-order chi connectivity index (χ0) is 16.2. The number of rotatable bonds is 4. The minimum absolute atomic E-state index is 0.0404. The smallest absolute Gasteiger partial charge is 0.277 e. The summed E-state index contributed by atoms with van der Waals surface area (Å²) in [7, 11) is 0. The van der Waals surface area contributed by atoms with Crippen LogP contribution in [0.2, 0.25) is 0 Å². The molecule has 0 unspecified atom stereocenters. The second-order valence-electron chi connectivity index (χ2n) is 5.86. The maximum Gasteiger partial charge on any atom is 0.277 e. The van der Waals surface area contributed by atoms with Crippen molar-refractivity contribution in [2.45, 2.75) is 26.7 Å². The van der Waals surface area contributed by atoms with Crippen molar-refractivity contribution in [3.63, 3.8) is 0 Å². The second kappa shape index (κ2) is 6.65. The summed E-state index contributed by atoms with van der Waals surface area (Å²) in [6.45, 7) is 3.97. The van der Waals surface area contributed by atoms with Gasteiger partial charge in [-0.3, -0.25) is 4.79 Å². The van der Waals surface area contributed by atoms with Gasteiger partial charge in [-0.25, -0.2) is 5.43 Å². The lowest BCUT2D eigenvalue weighted by Gasteiger charge is -2.07. The Balaban J connectivity index is 1.57. The van der Waals surface area contributed by atoms with Crippen molar-refractivity contribution in [2.75, 3.05) is 6.61 Å². The zero-order valence-corrected chi connectivity index (χ0v) is 13.4. The van der Waals surface area contributed by atoms with Gasteiger partial charge >= 0.3 is 0 Å². The van der Waals surface area contributed by atoms with E-state index in [1.54, 1.807) is 0 Å². The van der Waals surface area contributed by atoms with Crippen molar-refractivity contribution in [1.29, 1.82) is 0 Å². The van der Waals surface area contributed by atoms with Crippen LogP contribution in [0.15, 0.2) is 47.6 Å². The molecule has 0 fully saturated rings. The monoisotopic (exact) mass is 308 g/mol. The number of hydrogen-bond donors (Lipinski definition) is 1. The molecule has 0 saturated heterocycles. The van der Waals surface area contributed by atoms with E-state index in [1.807, 2.05) is 44.2 Å². The average molecular weight is 308 g/mol. The molecule has 0 aliphatic heterocycles. The van der Waals surface area contributed by atoms with Gasteiger partial charge in [0.2, 0.25) is 0 Å². The van der Waals surface area contributed by atoms with E-state index < -0.39 is 0 Å². The van der Waals surface area contributed by atoms with E-state index >= 15 is 0 Å². The van der Waals surface area contributed by atoms with Gasteiger partial charge in [-0.2, -0.15) is 5.10 Å². The van der Waals surface area contributed by atoms with Crippen LogP contribution in [0.4, 0.5) is 0 Å². The molecular formula is C19H20N2O2. The number of aryl methyl sites for hydroxylation is 3. The molecule has 0 bridgehead atoms. The van der Waals surface area contributed by atoms with E-state index in [4.69, 9.17) is 4.74 Å². The van der Waals surface area contributed by atoms with Gasteiger partial charge in [-0.05, 0) is 55.5 Å². The van der Waals surface area contributed by atoms with E-state index in [-0.39, 0.29) is 12.5 Å². The third kappa shape index (κ3) is 3.77. The predicted octanol–water partition coefficient (Wildman–Crippen LogP) is 3.15. The largest absolute Gasteiger partial charge is 0.484 e. The molecule has 0 spiro atoms. The van der Waals surface area contributed by atoms with E-state index in [0.717, 1.165) is 35.2 Å². The highest BCUT2D eigenvalue weighted by molar-refractivity contribution is 6.04. The van der Waals surface area contributed by atoms with Crippen molar-refractivity contribution in [3.8, 4) is 5.75 Å². The number of hydrazone groups is 1. The number of ether oxygens (including phenoxy) is 1. The highest BCUT2D eigenvalue weighted by Gasteiger charge is 2.17. The van der Waals surface area contributed by atoms with Gasteiger partial charge in [-0.15, -0.1) is 0 Å². The average Bonchev–Trinajstić information content (AvgIpc) is 2.93. The van der Waals surface area contributed by atoms with E-state index in [2.05, 4.69) is 22.7 Å². The topological polar surface area (TPSA) is 50.7 Å². The summed E-state index contributed by atoms with van der Waals surface area (Å²) >= 11 is 0. The Kier molecular flexibility index (Phi) is 4.42. The van der Waals surface area contributed by atoms with Gasteiger partial charge in [0.05, 0.1) is 5.71 Å². The maximum absolute atomic E-state index is 11.9. The number of benzene rings is 2. The summed E-state index contributed by atoms with van der Waals surface area (Å²) in [5.41, 5.74) is 8.16. The fourth-order valence-electron chi connectivity index (χ4n) is 2.85. The fourth-order valence-corrected chi connectivity index (χ4v) is 2.85. The summed E-state index contributed by atoms with van der Waals surface area (Å²) in [4.78, 5) is 11.9. The Morgan fingerprint density at radius 2 is 1.87 bits per heavy atom. The Morgan fingerprint density at radius 1 is 1.13 bits per heavy atom. The van der Waals surface area contributed by atoms with Crippen LogP contribution in [-0.2, 0) is 11.2 Å². The lowest BCUT2D eigenvalue weighted by molar-refractivity contribution is -0.123. The minimum atomic E-state index is -0.249. The molecule has 0 saturated carbocycles. The summed E-state index contributed by atoms with van der Waals surface area (Å²) in [6, 6.07) is 14.1. The third-order valence-corrected chi connectivity index (χ3v) is 3.84. The van der Waals surface area contributed by atoms with Crippen LogP contribution in [0.25, 0.3) is 0 Å². The number of fused-ring (bicyclic) bond motifs is 1. The molecule has 4 heteroatoms. The highest BCUT2D eigenvalue weighted by Crippen LogP contribution is 2.21. The van der Waals surface area contributed by atoms with Crippen LogP contribution in [0, 0.1) is 13.8 Å². The van der Waals surface area contributed by atoms with Gasteiger partial charge in [0, 0.05) is 5.56 Å². The van der Waals surface area contributed by atoms with Crippen LogP contribution < -0.4 is 10.2 Å². The van der Waals surface area contributed by atoms with Crippen molar-refractivity contribution in [1.82, 2.24) is 5.43 Å². The molecule has 0 radical (unpaired) electrons. The quantitative estimate of drug-likeness (QED) is 0.882. The molecule has 0 heterocycles. The van der Waals surface area contributed by atoms with Crippen molar-refractivity contribution >= 4 is 11.6 Å². The molecule has 1 amide bonds. The summed E-state index contributed by atoms with van der Waals surface area (Å²) in [5, 5.41) is 4.25. The highest BCUT2D eigenvalue weighted by atomic mass is 16.5. The molecule has 2 aromatic carbocycles. The number of carbonyl (C=O) groups excluding carboxylic acids is 1.